The van der Waals surface area contributed by atoms with Crippen molar-refractivity contribution >= 4 is 0 Å². The third-order valence-corrected chi connectivity index (χ3v) is 2.45. The minimum atomic E-state index is 0.507. The van der Waals surface area contributed by atoms with Gasteiger partial charge in [0.15, 0.2) is 0 Å². The molecular weight excluding hydrogens is 136 g/mol. The fourth-order valence-electron chi connectivity index (χ4n) is 1.79. The average molecular weight is 152 g/mol. The van der Waals surface area contributed by atoms with Crippen LogP contribution >= 0.6 is 0 Å². The standard InChI is InChI=1S/C10H16O/c1-5-9-7(3)11-8(4)10(9)6-2/h9-10H,3-6H2,1-2H3. The van der Waals surface area contributed by atoms with E-state index in [4.69, 9.17) is 4.74 Å². The van der Waals surface area contributed by atoms with Crippen LogP contribution in [-0.4, -0.2) is 0 Å². The van der Waals surface area contributed by atoms with Gasteiger partial charge < -0.3 is 4.74 Å². The molecule has 0 N–H and O–H groups in total. The van der Waals surface area contributed by atoms with E-state index in [-0.39, 0.29) is 0 Å². The van der Waals surface area contributed by atoms with Gasteiger partial charge in [0, 0.05) is 11.8 Å². The summed E-state index contributed by atoms with van der Waals surface area (Å²) in [5.41, 5.74) is 0. The Hall–Kier alpha value is -0.720. The van der Waals surface area contributed by atoms with Crippen molar-refractivity contribution in [3.05, 3.63) is 24.7 Å². The largest absolute Gasteiger partial charge is 0.467 e. The summed E-state index contributed by atoms with van der Waals surface area (Å²) in [5.74, 6) is 2.83. The second kappa shape index (κ2) is 3.12. The molecule has 1 aliphatic heterocycles. The molecule has 0 radical (unpaired) electrons. The fourth-order valence-corrected chi connectivity index (χ4v) is 1.79. The summed E-state index contributed by atoms with van der Waals surface area (Å²) < 4.78 is 5.38. The highest BCUT2D eigenvalue weighted by Gasteiger charge is 2.32. The topological polar surface area (TPSA) is 9.23 Å². The van der Waals surface area contributed by atoms with E-state index in [1.54, 1.807) is 0 Å². The third-order valence-electron chi connectivity index (χ3n) is 2.45. The molecule has 1 heteroatoms. The zero-order chi connectivity index (χ0) is 8.43. The van der Waals surface area contributed by atoms with Crippen LogP contribution in [-0.2, 0) is 4.74 Å². The molecule has 0 saturated carbocycles. The number of ether oxygens (including phenoxy) is 1. The molecule has 11 heavy (non-hydrogen) atoms. The SMILES string of the molecule is C=C1OC(=C)C(CC)C1CC. The molecule has 0 aromatic rings. The Morgan fingerprint density at radius 1 is 1.09 bits per heavy atom. The zero-order valence-electron chi connectivity index (χ0n) is 7.39. The van der Waals surface area contributed by atoms with Crippen molar-refractivity contribution in [2.45, 2.75) is 26.7 Å². The second-order valence-corrected chi connectivity index (χ2v) is 3.06. The highest BCUT2D eigenvalue weighted by atomic mass is 16.5. The van der Waals surface area contributed by atoms with Gasteiger partial charge in [0.05, 0.1) is 0 Å². The van der Waals surface area contributed by atoms with E-state index >= 15 is 0 Å². The third kappa shape index (κ3) is 1.32. The van der Waals surface area contributed by atoms with Crippen LogP contribution in [0.3, 0.4) is 0 Å². The van der Waals surface area contributed by atoms with Gasteiger partial charge in [0.2, 0.25) is 0 Å². The van der Waals surface area contributed by atoms with Crippen molar-refractivity contribution < 1.29 is 4.74 Å². The lowest BCUT2D eigenvalue weighted by Gasteiger charge is -2.11. The number of hydrogen-bond acceptors (Lipinski definition) is 1. The first kappa shape index (κ1) is 8.38. The summed E-state index contributed by atoms with van der Waals surface area (Å²) in [6.07, 6.45) is 2.22. The molecule has 2 atom stereocenters. The number of allylic oxidation sites excluding steroid dienone is 2. The van der Waals surface area contributed by atoms with Crippen LogP contribution in [0.2, 0.25) is 0 Å². The van der Waals surface area contributed by atoms with E-state index in [0.29, 0.717) is 11.8 Å². The lowest BCUT2D eigenvalue weighted by molar-refractivity contribution is 0.326. The van der Waals surface area contributed by atoms with Gasteiger partial charge in [-0.3, -0.25) is 0 Å². The molecule has 0 aromatic carbocycles. The van der Waals surface area contributed by atoms with Crippen LogP contribution in [0.25, 0.3) is 0 Å². The minimum absolute atomic E-state index is 0.507. The lowest BCUT2D eigenvalue weighted by atomic mass is 9.88. The van der Waals surface area contributed by atoms with E-state index in [2.05, 4.69) is 27.0 Å². The van der Waals surface area contributed by atoms with Crippen molar-refractivity contribution in [2.75, 3.05) is 0 Å². The molecule has 1 heterocycles. The highest BCUT2D eigenvalue weighted by molar-refractivity contribution is 5.13. The van der Waals surface area contributed by atoms with E-state index in [1.165, 1.54) is 0 Å². The maximum Gasteiger partial charge on any atom is 0.100 e. The van der Waals surface area contributed by atoms with Crippen LogP contribution in [0, 0.1) is 11.8 Å². The molecule has 1 rings (SSSR count). The molecule has 62 valence electrons. The average Bonchev–Trinajstić information content (AvgIpc) is 2.24. The van der Waals surface area contributed by atoms with Crippen molar-refractivity contribution in [3.8, 4) is 0 Å². The Labute approximate surface area is 68.8 Å². The summed E-state index contributed by atoms with van der Waals surface area (Å²) in [6, 6.07) is 0. The van der Waals surface area contributed by atoms with Gasteiger partial charge in [-0.15, -0.1) is 0 Å². The van der Waals surface area contributed by atoms with Gasteiger partial charge in [0.1, 0.15) is 11.5 Å². The quantitative estimate of drug-likeness (QED) is 0.590. The maximum atomic E-state index is 5.38. The van der Waals surface area contributed by atoms with E-state index in [1.807, 2.05) is 0 Å². The van der Waals surface area contributed by atoms with Gasteiger partial charge in [-0.05, 0) is 12.8 Å². The van der Waals surface area contributed by atoms with Crippen molar-refractivity contribution in [2.24, 2.45) is 11.8 Å². The molecule has 0 spiro atoms. The van der Waals surface area contributed by atoms with Gasteiger partial charge in [0.25, 0.3) is 0 Å². The summed E-state index contributed by atoms with van der Waals surface area (Å²) >= 11 is 0. The molecule has 1 saturated heterocycles. The first-order valence-electron chi connectivity index (χ1n) is 4.26. The highest BCUT2D eigenvalue weighted by Crippen LogP contribution is 2.40. The normalized spacial score (nSPS) is 30.7. The molecule has 2 unspecified atom stereocenters. The van der Waals surface area contributed by atoms with E-state index in [9.17, 15) is 0 Å². The summed E-state index contributed by atoms with van der Waals surface area (Å²) in [6.45, 7) is 12.1. The molecule has 1 aliphatic rings. The maximum absolute atomic E-state index is 5.38. The van der Waals surface area contributed by atoms with Gasteiger partial charge in [-0.1, -0.05) is 27.0 Å². The summed E-state index contributed by atoms with van der Waals surface area (Å²) in [4.78, 5) is 0. The number of rotatable bonds is 2. The Morgan fingerprint density at radius 2 is 1.45 bits per heavy atom. The summed E-state index contributed by atoms with van der Waals surface area (Å²) in [5, 5.41) is 0. The lowest BCUT2D eigenvalue weighted by Crippen LogP contribution is -2.07. The first-order chi connectivity index (χ1) is 5.20. The van der Waals surface area contributed by atoms with Crippen LogP contribution in [0.1, 0.15) is 26.7 Å². The van der Waals surface area contributed by atoms with Crippen LogP contribution < -0.4 is 0 Å². The Morgan fingerprint density at radius 3 is 1.73 bits per heavy atom. The van der Waals surface area contributed by atoms with Crippen molar-refractivity contribution in [3.63, 3.8) is 0 Å². The molecule has 0 aromatic heterocycles. The summed E-state index contributed by atoms with van der Waals surface area (Å²) in [7, 11) is 0. The predicted molar refractivity (Wildman–Crippen MR) is 46.9 cm³/mol. The monoisotopic (exact) mass is 152 g/mol. The van der Waals surface area contributed by atoms with Crippen LogP contribution in [0.5, 0.6) is 0 Å². The molecule has 0 aliphatic carbocycles. The predicted octanol–water partition coefficient (Wildman–Crippen LogP) is 3.10. The smallest absolute Gasteiger partial charge is 0.100 e. The Bertz CT molecular complexity index is 161. The number of hydrogen-bond donors (Lipinski definition) is 0. The van der Waals surface area contributed by atoms with Crippen molar-refractivity contribution in [1.82, 2.24) is 0 Å². The Kier molecular flexibility index (Phi) is 2.38. The molecule has 0 amide bonds. The molecular formula is C10H16O. The zero-order valence-corrected chi connectivity index (χ0v) is 7.39. The first-order valence-corrected chi connectivity index (χ1v) is 4.26. The van der Waals surface area contributed by atoms with Crippen LogP contribution in [0.15, 0.2) is 24.7 Å². The van der Waals surface area contributed by atoms with E-state index in [0.717, 1.165) is 24.4 Å². The molecule has 0 bridgehead atoms. The minimum Gasteiger partial charge on any atom is -0.467 e. The van der Waals surface area contributed by atoms with Gasteiger partial charge in [-0.2, -0.15) is 0 Å². The molecule has 1 nitrogen and oxygen atoms in total. The van der Waals surface area contributed by atoms with Gasteiger partial charge >= 0.3 is 0 Å². The van der Waals surface area contributed by atoms with Crippen LogP contribution in [0.4, 0.5) is 0 Å². The molecule has 1 fully saturated rings. The van der Waals surface area contributed by atoms with E-state index < -0.39 is 0 Å². The fraction of sp³-hybridized carbons (Fsp3) is 0.600. The second-order valence-electron chi connectivity index (χ2n) is 3.06. The van der Waals surface area contributed by atoms with Crippen molar-refractivity contribution in [1.29, 1.82) is 0 Å². The Balaban J connectivity index is 2.74. The van der Waals surface area contributed by atoms with Gasteiger partial charge in [-0.25, -0.2) is 0 Å².